The number of benzene rings is 1. The predicted octanol–water partition coefficient (Wildman–Crippen LogP) is 4.05. The first-order chi connectivity index (χ1) is 14.4. The molecule has 0 atom stereocenters. The number of nitrogens with zero attached hydrogens (tertiary/aromatic N) is 4. The molecule has 0 aliphatic carbocycles. The van der Waals surface area contributed by atoms with Crippen LogP contribution in [0.2, 0.25) is 0 Å². The summed E-state index contributed by atoms with van der Waals surface area (Å²) in [6.45, 7) is 6.29. The second-order valence-corrected chi connectivity index (χ2v) is 9.17. The second-order valence-electron chi connectivity index (χ2n) is 8.08. The molecule has 0 saturated carbocycles. The summed E-state index contributed by atoms with van der Waals surface area (Å²) in [6, 6.07) is 6.41. The molecule has 1 N–H and O–H groups in total. The normalized spacial score (nSPS) is 14.0. The predicted molar refractivity (Wildman–Crippen MR) is 123 cm³/mol. The van der Waals surface area contributed by atoms with E-state index in [-0.39, 0.29) is 5.91 Å². The number of thiophene rings is 1. The fourth-order valence-electron chi connectivity index (χ4n) is 3.86. The minimum Gasteiger partial charge on any atom is -0.340 e. The molecule has 4 rings (SSSR count). The fraction of sp³-hybridized carbons (Fsp3) is 0.348. The quantitative estimate of drug-likeness (QED) is 0.630. The first-order valence-corrected chi connectivity index (χ1v) is 10.9. The smallest absolute Gasteiger partial charge is 0.246 e. The zero-order valence-electron chi connectivity index (χ0n) is 17.9. The molecule has 1 aromatic carbocycles. The van der Waals surface area contributed by atoms with Crippen LogP contribution in [0, 0.1) is 13.8 Å². The summed E-state index contributed by atoms with van der Waals surface area (Å²) in [7, 11) is 3.98. The highest BCUT2D eigenvalue weighted by molar-refractivity contribution is 7.19. The number of likely N-dealkylation sites (N-methyl/N-ethyl adjacent to an activating group) is 1. The molecule has 0 radical (unpaired) electrons. The van der Waals surface area contributed by atoms with Crippen LogP contribution in [-0.2, 0) is 17.8 Å². The minimum absolute atomic E-state index is 0.0691. The average molecular weight is 422 g/mol. The third kappa shape index (κ3) is 4.37. The van der Waals surface area contributed by atoms with Crippen LogP contribution in [0.25, 0.3) is 10.2 Å². The maximum atomic E-state index is 12.6. The van der Waals surface area contributed by atoms with Crippen molar-refractivity contribution < 1.29 is 4.79 Å². The molecule has 156 valence electrons. The van der Waals surface area contributed by atoms with Crippen molar-refractivity contribution >= 4 is 39.0 Å². The number of carbonyl (C=O) groups is 1. The van der Waals surface area contributed by atoms with E-state index < -0.39 is 0 Å². The van der Waals surface area contributed by atoms with E-state index in [0.717, 1.165) is 34.7 Å². The number of rotatable bonds is 5. The van der Waals surface area contributed by atoms with E-state index in [0.29, 0.717) is 13.1 Å². The van der Waals surface area contributed by atoms with Crippen LogP contribution in [0.15, 0.2) is 36.7 Å². The van der Waals surface area contributed by atoms with Crippen molar-refractivity contribution in [1.29, 1.82) is 0 Å². The van der Waals surface area contributed by atoms with Crippen LogP contribution in [0.3, 0.4) is 0 Å². The van der Waals surface area contributed by atoms with E-state index in [2.05, 4.69) is 47.3 Å². The molecule has 6 nitrogen and oxygen atoms in total. The molecule has 1 amide bonds. The third-order valence-corrected chi connectivity index (χ3v) is 6.29. The minimum atomic E-state index is 0.0691. The van der Waals surface area contributed by atoms with Gasteiger partial charge < -0.3 is 15.1 Å². The van der Waals surface area contributed by atoms with Gasteiger partial charge in [-0.3, -0.25) is 4.79 Å². The zero-order valence-corrected chi connectivity index (χ0v) is 18.7. The van der Waals surface area contributed by atoms with Crippen molar-refractivity contribution in [3.63, 3.8) is 0 Å². The maximum absolute atomic E-state index is 12.6. The van der Waals surface area contributed by atoms with Gasteiger partial charge in [0.2, 0.25) is 5.91 Å². The summed E-state index contributed by atoms with van der Waals surface area (Å²) in [5.41, 5.74) is 4.73. The molecule has 30 heavy (non-hydrogen) atoms. The molecular weight excluding hydrogens is 394 g/mol. The van der Waals surface area contributed by atoms with E-state index in [1.165, 1.54) is 21.6 Å². The lowest BCUT2D eigenvalue weighted by atomic mass is 10.0. The summed E-state index contributed by atoms with van der Waals surface area (Å²) in [5.74, 6) is 0.910. The Kier molecular flexibility index (Phi) is 5.83. The Morgan fingerprint density at radius 2 is 2.00 bits per heavy atom. The number of hydrogen-bond acceptors (Lipinski definition) is 6. The molecule has 1 aliphatic heterocycles. The Morgan fingerprint density at radius 1 is 1.23 bits per heavy atom. The number of fused-ring (bicyclic) bond motifs is 3. The van der Waals surface area contributed by atoms with Crippen molar-refractivity contribution in [3.8, 4) is 0 Å². The van der Waals surface area contributed by atoms with Crippen molar-refractivity contribution in [2.75, 3.05) is 32.5 Å². The van der Waals surface area contributed by atoms with Gasteiger partial charge in [0.05, 0.1) is 11.9 Å². The molecule has 3 heterocycles. The molecule has 1 aliphatic rings. The summed E-state index contributed by atoms with van der Waals surface area (Å²) in [4.78, 5) is 27.7. The van der Waals surface area contributed by atoms with Crippen LogP contribution in [-0.4, -0.2) is 52.9 Å². The van der Waals surface area contributed by atoms with E-state index in [9.17, 15) is 4.79 Å². The van der Waals surface area contributed by atoms with Gasteiger partial charge in [0.1, 0.15) is 17.0 Å². The van der Waals surface area contributed by atoms with Crippen LogP contribution in [0.4, 0.5) is 11.5 Å². The molecule has 7 heteroatoms. The monoisotopic (exact) mass is 421 g/mol. The van der Waals surface area contributed by atoms with Gasteiger partial charge in [-0.15, -0.1) is 11.3 Å². The van der Waals surface area contributed by atoms with Gasteiger partial charge in [-0.1, -0.05) is 12.1 Å². The van der Waals surface area contributed by atoms with E-state index in [1.807, 2.05) is 30.0 Å². The zero-order chi connectivity index (χ0) is 21.3. The Labute approximate surface area is 181 Å². The Balaban J connectivity index is 1.60. The molecule has 0 saturated heterocycles. The van der Waals surface area contributed by atoms with E-state index >= 15 is 0 Å². The van der Waals surface area contributed by atoms with E-state index in [4.69, 9.17) is 0 Å². The van der Waals surface area contributed by atoms with Crippen LogP contribution >= 0.6 is 11.3 Å². The highest BCUT2D eigenvalue weighted by Gasteiger charge is 2.25. The average Bonchev–Trinajstić information content (AvgIpc) is 3.05. The molecule has 0 unspecified atom stereocenters. The number of carbonyl (C=O) groups excluding carboxylic acids is 1. The Hall–Kier alpha value is -2.77. The van der Waals surface area contributed by atoms with Crippen molar-refractivity contribution in [1.82, 2.24) is 19.8 Å². The maximum Gasteiger partial charge on any atom is 0.246 e. The number of amides is 1. The van der Waals surface area contributed by atoms with Crippen LogP contribution < -0.4 is 5.32 Å². The summed E-state index contributed by atoms with van der Waals surface area (Å²) >= 11 is 1.66. The Bertz CT molecular complexity index is 1100. The van der Waals surface area contributed by atoms with Gasteiger partial charge in [-0.05, 0) is 63.2 Å². The van der Waals surface area contributed by atoms with E-state index in [1.54, 1.807) is 23.7 Å². The molecule has 0 bridgehead atoms. The summed E-state index contributed by atoms with van der Waals surface area (Å²) in [6.07, 6.45) is 6.03. The number of aromatic nitrogens is 2. The molecular formula is C23H27N5OS. The molecule has 0 spiro atoms. The Morgan fingerprint density at radius 3 is 2.73 bits per heavy atom. The molecule has 2 aromatic heterocycles. The largest absolute Gasteiger partial charge is 0.340 e. The highest BCUT2D eigenvalue weighted by Crippen LogP contribution is 2.38. The van der Waals surface area contributed by atoms with Gasteiger partial charge in [0, 0.05) is 29.7 Å². The van der Waals surface area contributed by atoms with Crippen molar-refractivity contribution in [3.05, 3.63) is 58.2 Å². The first-order valence-electron chi connectivity index (χ1n) is 10.1. The lowest BCUT2D eigenvalue weighted by molar-refractivity contribution is -0.126. The van der Waals surface area contributed by atoms with Gasteiger partial charge in [0.15, 0.2) is 0 Å². The van der Waals surface area contributed by atoms with Crippen molar-refractivity contribution in [2.24, 2.45) is 0 Å². The lowest BCUT2D eigenvalue weighted by Crippen LogP contribution is -2.34. The first kappa shape index (κ1) is 20.5. The standard InChI is InChI=1S/C23H27N5OS/c1-15-10-16(2)12-17(11-15)26-22-21-18-7-9-28(20(29)6-5-8-27(3)4)13-19(18)30-23(21)25-14-24-22/h5-6,10-12,14H,7-9,13H2,1-4H3,(H,24,25,26). The summed E-state index contributed by atoms with van der Waals surface area (Å²) in [5, 5.41) is 4.59. The lowest BCUT2D eigenvalue weighted by Gasteiger charge is -2.26. The van der Waals surface area contributed by atoms with Gasteiger partial charge in [-0.2, -0.15) is 0 Å². The third-order valence-electron chi connectivity index (χ3n) is 5.16. The summed E-state index contributed by atoms with van der Waals surface area (Å²) < 4.78 is 0. The van der Waals surface area contributed by atoms with Crippen LogP contribution in [0.1, 0.15) is 21.6 Å². The second kappa shape index (κ2) is 8.53. The fourth-order valence-corrected chi connectivity index (χ4v) is 5.07. The number of aryl methyl sites for hydroxylation is 2. The SMILES string of the molecule is Cc1cc(C)cc(Nc2ncnc3sc4c(c23)CCN(C(=O)C=CCN(C)C)C4)c1. The number of anilines is 2. The van der Waals surface area contributed by atoms with Gasteiger partial charge in [-0.25, -0.2) is 9.97 Å². The molecule has 3 aromatic rings. The topological polar surface area (TPSA) is 61.4 Å². The molecule has 0 fully saturated rings. The number of hydrogen-bond donors (Lipinski definition) is 1. The number of nitrogens with one attached hydrogen (secondary N) is 1. The van der Waals surface area contributed by atoms with Crippen molar-refractivity contribution in [2.45, 2.75) is 26.8 Å². The van der Waals surface area contributed by atoms with Crippen LogP contribution in [0.5, 0.6) is 0 Å². The van der Waals surface area contributed by atoms with Gasteiger partial charge in [0.25, 0.3) is 0 Å². The van der Waals surface area contributed by atoms with Gasteiger partial charge >= 0.3 is 0 Å². The highest BCUT2D eigenvalue weighted by atomic mass is 32.1.